The second kappa shape index (κ2) is 5.78. The predicted octanol–water partition coefficient (Wildman–Crippen LogP) is 3.08. The van der Waals surface area contributed by atoms with Crippen molar-refractivity contribution in [3.8, 4) is 0 Å². The number of aromatic nitrogens is 1. The van der Waals surface area contributed by atoms with Gasteiger partial charge in [0.1, 0.15) is 0 Å². The second-order valence-electron chi connectivity index (χ2n) is 3.93. The van der Waals surface area contributed by atoms with Crippen LogP contribution in [-0.4, -0.2) is 10.9 Å². The summed E-state index contributed by atoms with van der Waals surface area (Å²) in [5.74, 6) is -0.106. The van der Waals surface area contributed by atoms with E-state index in [4.69, 9.17) is 0 Å². The Bertz CT molecular complexity index is 569. The summed E-state index contributed by atoms with van der Waals surface area (Å²) in [4.78, 5) is 16.3. The van der Waals surface area contributed by atoms with E-state index in [1.165, 1.54) is 0 Å². The molecular weight excluding hydrogens is 292 g/mol. The minimum atomic E-state index is -0.106. The number of benzene rings is 1. The Morgan fingerprint density at radius 3 is 2.72 bits per heavy atom. The molecule has 0 fully saturated rings. The van der Waals surface area contributed by atoms with Gasteiger partial charge in [0.2, 0.25) is 0 Å². The van der Waals surface area contributed by atoms with E-state index < -0.39 is 0 Å². The van der Waals surface area contributed by atoms with Crippen molar-refractivity contribution in [1.29, 1.82) is 0 Å². The highest BCUT2D eigenvalue weighted by molar-refractivity contribution is 9.10. The molecule has 3 nitrogen and oxygen atoms in total. The molecule has 0 aliphatic rings. The van der Waals surface area contributed by atoms with Crippen LogP contribution in [-0.2, 0) is 6.54 Å². The molecule has 4 heteroatoms. The van der Waals surface area contributed by atoms with Gasteiger partial charge in [0.25, 0.3) is 5.91 Å². The van der Waals surface area contributed by atoms with Gasteiger partial charge in [-0.1, -0.05) is 18.2 Å². The molecule has 1 amide bonds. The minimum absolute atomic E-state index is 0.106. The van der Waals surface area contributed by atoms with Gasteiger partial charge in [0, 0.05) is 10.2 Å². The van der Waals surface area contributed by atoms with E-state index in [0.29, 0.717) is 12.1 Å². The SMILES string of the molecule is Cc1cccc(CNC(=O)c2ccccc2Br)n1. The summed E-state index contributed by atoms with van der Waals surface area (Å²) < 4.78 is 0.791. The number of nitrogens with one attached hydrogen (secondary N) is 1. The summed E-state index contributed by atoms with van der Waals surface area (Å²) >= 11 is 3.36. The molecule has 1 aromatic carbocycles. The molecule has 0 radical (unpaired) electrons. The maximum Gasteiger partial charge on any atom is 0.252 e. The molecule has 2 rings (SSSR count). The zero-order chi connectivity index (χ0) is 13.0. The third kappa shape index (κ3) is 3.17. The van der Waals surface area contributed by atoms with Crippen molar-refractivity contribution in [2.75, 3.05) is 0 Å². The molecule has 18 heavy (non-hydrogen) atoms. The summed E-state index contributed by atoms with van der Waals surface area (Å²) in [5.41, 5.74) is 2.43. The number of hydrogen-bond donors (Lipinski definition) is 1. The molecule has 0 aliphatic heterocycles. The molecule has 0 saturated heterocycles. The van der Waals surface area contributed by atoms with E-state index in [1.807, 2.05) is 43.3 Å². The molecule has 0 bridgehead atoms. The average Bonchev–Trinajstić information content (AvgIpc) is 2.37. The lowest BCUT2D eigenvalue weighted by atomic mass is 10.2. The number of nitrogens with zero attached hydrogens (tertiary/aromatic N) is 1. The van der Waals surface area contributed by atoms with Crippen molar-refractivity contribution in [1.82, 2.24) is 10.3 Å². The number of carbonyl (C=O) groups excluding carboxylic acids is 1. The Balaban J connectivity index is 2.03. The number of amides is 1. The topological polar surface area (TPSA) is 42.0 Å². The van der Waals surface area contributed by atoms with E-state index in [0.717, 1.165) is 15.9 Å². The molecule has 1 aromatic heterocycles. The van der Waals surface area contributed by atoms with Gasteiger partial charge in [-0.25, -0.2) is 0 Å². The third-order valence-electron chi connectivity index (χ3n) is 2.49. The highest BCUT2D eigenvalue weighted by Gasteiger charge is 2.08. The van der Waals surface area contributed by atoms with Crippen molar-refractivity contribution in [2.24, 2.45) is 0 Å². The normalized spacial score (nSPS) is 10.1. The summed E-state index contributed by atoms with van der Waals surface area (Å²) in [7, 11) is 0. The Hall–Kier alpha value is -1.68. The average molecular weight is 305 g/mol. The standard InChI is InChI=1S/C14H13BrN2O/c1-10-5-4-6-11(17-10)9-16-14(18)12-7-2-3-8-13(12)15/h2-8H,9H2,1H3,(H,16,18). The van der Waals surface area contributed by atoms with Gasteiger partial charge >= 0.3 is 0 Å². The van der Waals surface area contributed by atoms with Crippen LogP contribution in [0.5, 0.6) is 0 Å². The first kappa shape index (κ1) is 12.8. The van der Waals surface area contributed by atoms with Crippen LogP contribution in [0.15, 0.2) is 46.9 Å². The Labute approximate surface area is 114 Å². The molecular formula is C14H13BrN2O. The molecule has 1 N–H and O–H groups in total. The van der Waals surface area contributed by atoms with Crippen molar-refractivity contribution in [2.45, 2.75) is 13.5 Å². The molecule has 2 aromatic rings. The predicted molar refractivity (Wildman–Crippen MR) is 74.3 cm³/mol. The van der Waals surface area contributed by atoms with Crippen LogP contribution in [0.4, 0.5) is 0 Å². The van der Waals surface area contributed by atoms with E-state index in [2.05, 4.69) is 26.2 Å². The van der Waals surface area contributed by atoms with Gasteiger partial charge in [-0.15, -0.1) is 0 Å². The van der Waals surface area contributed by atoms with E-state index in [-0.39, 0.29) is 5.91 Å². The number of pyridine rings is 1. The third-order valence-corrected chi connectivity index (χ3v) is 3.19. The molecule has 1 heterocycles. The largest absolute Gasteiger partial charge is 0.346 e. The van der Waals surface area contributed by atoms with Crippen molar-refractivity contribution < 1.29 is 4.79 Å². The summed E-state index contributed by atoms with van der Waals surface area (Å²) in [6, 6.07) is 13.1. The van der Waals surface area contributed by atoms with E-state index in [1.54, 1.807) is 6.07 Å². The molecule has 0 unspecified atom stereocenters. The second-order valence-corrected chi connectivity index (χ2v) is 4.79. The Morgan fingerprint density at radius 1 is 1.22 bits per heavy atom. The quantitative estimate of drug-likeness (QED) is 0.947. The number of aryl methyl sites for hydroxylation is 1. The molecule has 0 saturated carbocycles. The molecule has 92 valence electrons. The maximum absolute atomic E-state index is 12.0. The smallest absolute Gasteiger partial charge is 0.252 e. The monoisotopic (exact) mass is 304 g/mol. The molecule has 0 aliphatic carbocycles. The van der Waals surface area contributed by atoms with Gasteiger partial charge in [0.05, 0.1) is 17.8 Å². The van der Waals surface area contributed by atoms with Crippen molar-refractivity contribution >= 4 is 21.8 Å². The van der Waals surface area contributed by atoms with Crippen LogP contribution in [0, 0.1) is 6.92 Å². The van der Waals surface area contributed by atoms with E-state index >= 15 is 0 Å². The lowest BCUT2D eigenvalue weighted by molar-refractivity contribution is 0.0949. The number of hydrogen-bond acceptors (Lipinski definition) is 2. The van der Waals surface area contributed by atoms with Gasteiger partial charge in [-0.3, -0.25) is 9.78 Å². The zero-order valence-corrected chi connectivity index (χ0v) is 11.6. The minimum Gasteiger partial charge on any atom is -0.346 e. The fourth-order valence-corrected chi connectivity index (χ4v) is 2.07. The van der Waals surface area contributed by atoms with Crippen LogP contribution < -0.4 is 5.32 Å². The lowest BCUT2D eigenvalue weighted by Crippen LogP contribution is -2.23. The van der Waals surface area contributed by atoms with Crippen LogP contribution in [0.2, 0.25) is 0 Å². The van der Waals surface area contributed by atoms with Crippen LogP contribution in [0.1, 0.15) is 21.7 Å². The highest BCUT2D eigenvalue weighted by Crippen LogP contribution is 2.15. The fourth-order valence-electron chi connectivity index (χ4n) is 1.61. The van der Waals surface area contributed by atoms with Crippen molar-refractivity contribution in [3.05, 3.63) is 63.9 Å². The van der Waals surface area contributed by atoms with Crippen molar-refractivity contribution in [3.63, 3.8) is 0 Å². The Kier molecular flexibility index (Phi) is 4.10. The van der Waals surface area contributed by atoms with Crippen LogP contribution in [0.25, 0.3) is 0 Å². The van der Waals surface area contributed by atoms with Crippen LogP contribution >= 0.6 is 15.9 Å². The number of halogens is 1. The number of rotatable bonds is 3. The maximum atomic E-state index is 12.0. The fraction of sp³-hybridized carbons (Fsp3) is 0.143. The first-order chi connectivity index (χ1) is 8.66. The molecule has 0 spiro atoms. The summed E-state index contributed by atoms with van der Waals surface area (Å²) in [6.45, 7) is 2.36. The van der Waals surface area contributed by atoms with E-state index in [9.17, 15) is 4.79 Å². The summed E-state index contributed by atoms with van der Waals surface area (Å²) in [6.07, 6.45) is 0. The Morgan fingerprint density at radius 2 is 2.00 bits per heavy atom. The first-order valence-corrected chi connectivity index (χ1v) is 6.41. The summed E-state index contributed by atoms with van der Waals surface area (Å²) in [5, 5.41) is 2.85. The van der Waals surface area contributed by atoms with Gasteiger partial charge in [0.15, 0.2) is 0 Å². The molecule has 0 atom stereocenters. The van der Waals surface area contributed by atoms with Gasteiger partial charge < -0.3 is 5.32 Å². The first-order valence-electron chi connectivity index (χ1n) is 5.62. The number of carbonyl (C=O) groups is 1. The zero-order valence-electron chi connectivity index (χ0n) is 9.98. The highest BCUT2D eigenvalue weighted by atomic mass is 79.9. The van der Waals surface area contributed by atoms with Gasteiger partial charge in [-0.2, -0.15) is 0 Å². The lowest BCUT2D eigenvalue weighted by Gasteiger charge is -2.06. The van der Waals surface area contributed by atoms with Gasteiger partial charge in [-0.05, 0) is 47.1 Å². The van der Waals surface area contributed by atoms with Crippen LogP contribution in [0.3, 0.4) is 0 Å².